The zero-order valence-electron chi connectivity index (χ0n) is 14.6. The summed E-state index contributed by atoms with van der Waals surface area (Å²) < 4.78 is 1.90. The molecule has 24 heavy (non-hydrogen) atoms. The van der Waals surface area contributed by atoms with Crippen LogP contribution in [-0.2, 0) is 6.54 Å². The summed E-state index contributed by atoms with van der Waals surface area (Å²) in [6.45, 7) is 7.47. The van der Waals surface area contributed by atoms with Gasteiger partial charge in [0.25, 0.3) is 0 Å². The Morgan fingerprint density at radius 1 is 1.29 bits per heavy atom. The predicted molar refractivity (Wildman–Crippen MR) is 109 cm³/mol. The van der Waals surface area contributed by atoms with Crippen LogP contribution in [0.15, 0.2) is 47.7 Å². The number of aromatic nitrogens is 2. The molecule has 2 aromatic rings. The molecular weight excluding hydrogens is 413 g/mol. The Bertz CT molecular complexity index is 678. The number of aliphatic imine (C=N–C) groups is 1. The van der Waals surface area contributed by atoms with Gasteiger partial charge in [0.2, 0.25) is 0 Å². The van der Waals surface area contributed by atoms with Gasteiger partial charge < -0.3 is 10.2 Å². The molecule has 0 bridgehead atoms. The summed E-state index contributed by atoms with van der Waals surface area (Å²) in [5.41, 5.74) is 2.59. The molecule has 1 saturated heterocycles. The molecule has 1 N–H and O–H groups in total. The van der Waals surface area contributed by atoms with Crippen molar-refractivity contribution in [3.05, 3.63) is 48.3 Å². The minimum atomic E-state index is 0. The smallest absolute Gasteiger partial charge is 0.193 e. The Balaban J connectivity index is 0.00000208. The van der Waals surface area contributed by atoms with Crippen molar-refractivity contribution in [1.82, 2.24) is 20.0 Å². The fourth-order valence-corrected chi connectivity index (χ4v) is 2.98. The lowest BCUT2D eigenvalue weighted by atomic mass is 9.93. The molecule has 0 aliphatic carbocycles. The quantitative estimate of drug-likeness (QED) is 0.454. The van der Waals surface area contributed by atoms with Crippen LogP contribution in [0.1, 0.15) is 25.8 Å². The van der Waals surface area contributed by atoms with Gasteiger partial charge in [0.1, 0.15) is 0 Å². The minimum Gasteiger partial charge on any atom is -0.352 e. The van der Waals surface area contributed by atoms with Gasteiger partial charge in [0.15, 0.2) is 5.96 Å². The largest absolute Gasteiger partial charge is 0.352 e. The highest BCUT2D eigenvalue weighted by Gasteiger charge is 2.30. The maximum absolute atomic E-state index is 4.43. The zero-order chi connectivity index (χ0) is 16.3. The summed E-state index contributed by atoms with van der Waals surface area (Å²) in [6, 6.07) is 10.2. The normalized spacial score (nSPS) is 16.8. The van der Waals surface area contributed by atoms with E-state index in [1.54, 1.807) is 0 Å². The lowest BCUT2D eigenvalue weighted by Crippen LogP contribution is -2.40. The van der Waals surface area contributed by atoms with E-state index in [2.05, 4.69) is 52.5 Å². The number of nitrogens with zero attached hydrogens (tertiary/aromatic N) is 4. The number of halogens is 1. The van der Waals surface area contributed by atoms with Gasteiger partial charge in [-0.2, -0.15) is 5.10 Å². The molecule has 3 rings (SSSR count). The van der Waals surface area contributed by atoms with Crippen LogP contribution < -0.4 is 5.32 Å². The first-order valence-corrected chi connectivity index (χ1v) is 8.12. The average molecular weight is 439 g/mol. The van der Waals surface area contributed by atoms with E-state index in [-0.39, 0.29) is 24.0 Å². The van der Waals surface area contributed by atoms with Gasteiger partial charge in [-0.1, -0.05) is 32.0 Å². The predicted octanol–water partition coefficient (Wildman–Crippen LogP) is 3.30. The Morgan fingerprint density at radius 3 is 2.67 bits per heavy atom. The first-order valence-electron chi connectivity index (χ1n) is 8.12. The van der Waals surface area contributed by atoms with Crippen LogP contribution in [0.4, 0.5) is 0 Å². The highest BCUT2D eigenvalue weighted by Crippen LogP contribution is 2.28. The minimum absolute atomic E-state index is 0. The third kappa shape index (κ3) is 4.49. The number of rotatable bonds is 3. The van der Waals surface area contributed by atoms with Crippen molar-refractivity contribution in [1.29, 1.82) is 0 Å². The van der Waals surface area contributed by atoms with E-state index in [4.69, 9.17) is 0 Å². The molecule has 0 unspecified atom stereocenters. The number of hydrogen-bond acceptors (Lipinski definition) is 2. The molecular formula is C18H26IN5. The summed E-state index contributed by atoms with van der Waals surface area (Å²) in [6.07, 6.45) is 5.17. The van der Waals surface area contributed by atoms with Gasteiger partial charge in [-0.3, -0.25) is 4.99 Å². The Kier molecular flexibility index (Phi) is 6.26. The van der Waals surface area contributed by atoms with Crippen LogP contribution in [-0.4, -0.2) is 40.8 Å². The second kappa shape index (κ2) is 8.00. The van der Waals surface area contributed by atoms with Crippen LogP contribution in [0.5, 0.6) is 0 Å². The summed E-state index contributed by atoms with van der Waals surface area (Å²) in [7, 11) is 1.85. The van der Waals surface area contributed by atoms with Crippen molar-refractivity contribution >= 4 is 29.9 Å². The topological polar surface area (TPSA) is 45.5 Å². The Hall–Kier alpha value is -1.57. The molecule has 5 nitrogen and oxygen atoms in total. The molecule has 0 saturated carbocycles. The van der Waals surface area contributed by atoms with Gasteiger partial charge in [0.05, 0.1) is 11.9 Å². The van der Waals surface area contributed by atoms with Crippen molar-refractivity contribution in [2.75, 3.05) is 20.1 Å². The maximum Gasteiger partial charge on any atom is 0.193 e. The molecule has 1 fully saturated rings. The van der Waals surface area contributed by atoms with Gasteiger partial charge in [-0.15, -0.1) is 24.0 Å². The number of guanidine groups is 1. The van der Waals surface area contributed by atoms with Crippen LogP contribution in [0.25, 0.3) is 5.69 Å². The van der Waals surface area contributed by atoms with Gasteiger partial charge in [0, 0.05) is 38.4 Å². The van der Waals surface area contributed by atoms with Crippen molar-refractivity contribution in [3.63, 3.8) is 0 Å². The van der Waals surface area contributed by atoms with E-state index < -0.39 is 0 Å². The van der Waals surface area contributed by atoms with Crippen LogP contribution in [0.3, 0.4) is 0 Å². The molecule has 6 heteroatoms. The Labute approximate surface area is 161 Å². The number of benzene rings is 1. The third-order valence-electron chi connectivity index (χ3n) is 4.30. The highest BCUT2D eigenvalue weighted by molar-refractivity contribution is 14.0. The van der Waals surface area contributed by atoms with E-state index in [1.165, 1.54) is 6.42 Å². The standard InChI is InChI=1S/C18H25N5.HI/c1-18(2)9-10-22(14-18)17(19-3)20-11-15-12-21-23(13-15)16-7-5-4-6-8-16;/h4-8,12-13H,9-11,14H2,1-3H3,(H,19,20);1H. The molecule has 130 valence electrons. The second-order valence-corrected chi connectivity index (χ2v) is 6.87. The third-order valence-corrected chi connectivity index (χ3v) is 4.30. The van der Waals surface area contributed by atoms with Crippen molar-refractivity contribution in [2.45, 2.75) is 26.8 Å². The SMILES string of the molecule is CN=C(NCc1cnn(-c2ccccc2)c1)N1CCC(C)(C)C1.I. The maximum atomic E-state index is 4.43. The zero-order valence-corrected chi connectivity index (χ0v) is 16.9. The van der Waals surface area contributed by atoms with E-state index in [9.17, 15) is 0 Å². The van der Waals surface area contributed by atoms with Gasteiger partial charge in [-0.05, 0) is 24.0 Å². The van der Waals surface area contributed by atoms with Crippen molar-refractivity contribution in [3.8, 4) is 5.69 Å². The lowest BCUT2D eigenvalue weighted by molar-refractivity contribution is 0.370. The van der Waals surface area contributed by atoms with Crippen LogP contribution in [0.2, 0.25) is 0 Å². The molecule has 0 spiro atoms. The summed E-state index contributed by atoms with van der Waals surface area (Å²) >= 11 is 0. The van der Waals surface area contributed by atoms with Crippen molar-refractivity contribution in [2.24, 2.45) is 10.4 Å². The van der Waals surface area contributed by atoms with E-state index in [1.807, 2.05) is 36.1 Å². The monoisotopic (exact) mass is 439 g/mol. The summed E-state index contributed by atoms with van der Waals surface area (Å²) in [4.78, 5) is 6.75. The van der Waals surface area contributed by atoms with Gasteiger partial charge >= 0.3 is 0 Å². The molecule has 1 aliphatic rings. The van der Waals surface area contributed by atoms with Crippen LogP contribution in [0, 0.1) is 5.41 Å². The second-order valence-electron chi connectivity index (χ2n) is 6.87. The van der Waals surface area contributed by atoms with E-state index >= 15 is 0 Å². The van der Waals surface area contributed by atoms with E-state index in [0.717, 1.165) is 36.8 Å². The van der Waals surface area contributed by atoms with E-state index in [0.29, 0.717) is 5.41 Å². The molecule has 2 heterocycles. The molecule has 0 radical (unpaired) electrons. The molecule has 1 aromatic heterocycles. The van der Waals surface area contributed by atoms with Crippen LogP contribution >= 0.6 is 24.0 Å². The van der Waals surface area contributed by atoms with Crippen molar-refractivity contribution < 1.29 is 0 Å². The summed E-state index contributed by atoms with van der Waals surface area (Å²) in [5, 5.41) is 7.89. The molecule has 1 aliphatic heterocycles. The number of para-hydroxylation sites is 1. The lowest BCUT2D eigenvalue weighted by Gasteiger charge is -2.23. The number of nitrogens with one attached hydrogen (secondary N) is 1. The fourth-order valence-electron chi connectivity index (χ4n) is 2.98. The first kappa shape index (κ1) is 18.8. The fraction of sp³-hybridized carbons (Fsp3) is 0.444. The first-order chi connectivity index (χ1) is 11.1. The molecule has 0 amide bonds. The van der Waals surface area contributed by atoms with Gasteiger partial charge in [-0.25, -0.2) is 4.68 Å². The number of likely N-dealkylation sites (tertiary alicyclic amines) is 1. The highest BCUT2D eigenvalue weighted by atomic mass is 127. The summed E-state index contributed by atoms with van der Waals surface area (Å²) in [5.74, 6) is 0.975. The number of hydrogen-bond donors (Lipinski definition) is 1. The average Bonchev–Trinajstić information content (AvgIpc) is 3.16. The molecule has 1 aromatic carbocycles. The Morgan fingerprint density at radius 2 is 2.04 bits per heavy atom. The molecule has 0 atom stereocenters.